The van der Waals surface area contributed by atoms with Gasteiger partial charge in [0.05, 0.1) is 16.8 Å². The van der Waals surface area contributed by atoms with Crippen molar-refractivity contribution in [2.45, 2.75) is 6.92 Å². The van der Waals surface area contributed by atoms with Crippen LogP contribution in [0.25, 0.3) is 0 Å². The maximum atomic E-state index is 12.5. The number of nitrogens with zero attached hydrogens (tertiary/aromatic N) is 1. The number of hydrogen-bond acceptors (Lipinski definition) is 3. The van der Waals surface area contributed by atoms with Gasteiger partial charge in [-0.25, -0.2) is 4.90 Å². The van der Waals surface area contributed by atoms with Crippen LogP contribution in [0.4, 0.5) is 5.69 Å². The number of benzene rings is 2. The molecule has 0 unspecified atom stereocenters. The summed E-state index contributed by atoms with van der Waals surface area (Å²) in [6, 6.07) is 12.1. The predicted molar refractivity (Wildman–Crippen MR) is 82.7 cm³/mol. The number of fused-ring (bicyclic) bond motifs is 1. The molecular formula is C18H13NO3. The lowest BCUT2D eigenvalue weighted by Gasteiger charge is -2.16. The predicted octanol–water partition coefficient (Wildman–Crippen LogP) is 2.14. The highest BCUT2D eigenvalue weighted by molar-refractivity contribution is 6.34. The molecule has 0 saturated heterocycles. The van der Waals surface area contributed by atoms with Crippen molar-refractivity contribution in [3.8, 4) is 11.8 Å². The maximum Gasteiger partial charge on any atom is 0.266 e. The monoisotopic (exact) mass is 291 g/mol. The second-order valence-corrected chi connectivity index (χ2v) is 4.97. The lowest BCUT2D eigenvalue weighted by Crippen LogP contribution is -2.30. The number of aliphatic hydroxyl groups is 1. The summed E-state index contributed by atoms with van der Waals surface area (Å²) in [5.74, 6) is 4.66. The van der Waals surface area contributed by atoms with Crippen LogP contribution in [0.2, 0.25) is 0 Å². The van der Waals surface area contributed by atoms with Gasteiger partial charge in [0.25, 0.3) is 11.8 Å². The number of aliphatic hydroxyl groups excluding tert-OH is 1. The summed E-state index contributed by atoms with van der Waals surface area (Å²) in [5, 5.41) is 8.88. The minimum absolute atomic E-state index is 0.282. The first kappa shape index (κ1) is 14.1. The molecule has 4 heteroatoms. The van der Waals surface area contributed by atoms with Crippen molar-refractivity contribution in [1.82, 2.24) is 0 Å². The summed E-state index contributed by atoms with van der Waals surface area (Å²) >= 11 is 0. The van der Waals surface area contributed by atoms with E-state index < -0.39 is 0 Å². The normalized spacial score (nSPS) is 12.9. The molecule has 3 rings (SSSR count). The molecule has 0 saturated carbocycles. The van der Waals surface area contributed by atoms with Crippen molar-refractivity contribution in [3.05, 3.63) is 64.7 Å². The molecule has 22 heavy (non-hydrogen) atoms. The quantitative estimate of drug-likeness (QED) is 0.647. The number of rotatable bonds is 1. The number of anilines is 1. The van der Waals surface area contributed by atoms with Gasteiger partial charge < -0.3 is 5.11 Å². The summed E-state index contributed by atoms with van der Waals surface area (Å²) in [6.45, 7) is 1.62. The first-order chi connectivity index (χ1) is 10.6. The van der Waals surface area contributed by atoms with Crippen LogP contribution in [0, 0.1) is 18.8 Å². The molecule has 1 aliphatic heterocycles. The number of carbonyl (C=O) groups is 2. The molecule has 1 aliphatic rings. The number of carbonyl (C=O) groups excluding carboxylic acids is 2. The molecule has 0 bridgehead atoms. The summed E-state index contributed by atoms with van der Waals surface area (Å²) in [5.41, 5.74) is 2.74. The van der Waals surface area contributed by atoms with Crippen molar-refractivity contribution < 1.29 is 14.7 Å². The fourth-order valence-electron chi connectivity index (χ4n) is 2.49. The second kappa shape index (κ2) is 5.47. The molecule has 0 radical (unpaired) electrons. The SMILES string of the molecule is Cc1ccc(N2C(=O)c3ccccc3C2=O)c(C#CCO)c1. The fraction of sp³-hybridized carbons (Fsp3) is 0.111. The third-order valence-corrected chi connectivity index (χ3v) is 3.49. The van der Waals surface area contributed by atoms with Gasteiger partial charge in [0.15, 0.2) is 0 Å². The zero-order valence-electron chi connectivity index (χ0n) is 12.0. The van der Waals surface area contributed by atoms with Crippen LogP contribution in [-0.2, 0) is 0 Å². The Hall–Kier alpha value is -2.90. The molecule has 0 aromatic heterocycles. The fourth-order valence-corrected chi connectivity index (χ4v) is 2.49. The van der Waals surface area contributed by atoms with Gasteiger partial charge >= 0.3 is 0 Å². The summed E-state index contributed by atoms with van der Waals surface area (Å²) in [7, 11) is 0. The summed E-state index contributed by atoms with van der Waals surface area (Å²) in [6.07, 6.45) is 0. The number of amides is 2. The highest BCUT2D eigenvalue weighted by Crippen LogP contribution is 2.30. The Balaban J connectivity index is 2.14. The minimum atomic E-state index is -0.350. The molecule has 0 aliphatic carbocycles. The van der Waals surface area contributed by atoms with Crippen molar-refractivity contribution >= 4 is 17.5 Å². The largest absolute Gasteiger partial charge is 0.384 e. The number of hydrogen-bond donors (Lipinski definition) is 1. The molecule has 2 aromatic carbocycles. The van der Waals surface area contributed by atoms with E-state index in [1.54, 1.807) is 36.4 Å². The van der Waals surface area contributed by atoms with E-state index in [0.29, 0.717) is 22.4 Å². The smallest absolute Gasteiger partial charge is 0.266 e. The Kier molecular flexibility index (Phi) is 3.50. The highest BCUT2D eigenvalue weighted by Gasteiger charge is 2.37. The molecule has 0 atom stereocenters. The standard InChI is InChI=1S/C18H13NO3/c1-12-8-9-16(13(11-12)5-4-10-20)19-17(21)14-6-2-3-7-15(14)18(19)22/h2-3,6-9,11,20H,10H2,1H3. The lowest BCUT2D eigenvalue weighted by molar-refractivity contribution is 0.0926. The first-order valence-electron chi connectivity index (χ1n) is 6.81. The molecule has 0 spiro atoms. The van der Waals surface area contributed by atoms with E-state index in [4.69, 9.17) is 5.11 Å². The Morgan fingerprint density at radius 3 is 2.27 bits per heavy atom. The van der Waals surface area contributed by atoms with Crippen molar-refractivity contribution in [3.63, 3.8) is 0 Å². The van der Waals surface area contributed by atoms with Crippen LogP contribution in [0.3, 0.4) is 0 Å². The molecule has 4 nitrogen and oxygen atoms in total. The lowest BCUT2D eigenvalue weighted by atomic mass is 10.1. The molecule has 1 N–H and O–H groups in total. The minimum Gasteiger partial charge on any atom is -0.384 e. The average Bonchev–Trinajstić information content (AvgIpc) is 2.78. The molecule has 2 amide bonds. The van der Waals surface area contributed by atoms with Crippen LogP contribution >= 0.6 is 0 Å². The van der Waals surface area contributed by atoms with Crippen molar-refractivity contribution in [1.29, 1.82) is 0 Å². The zero-order chi connectivity index (χ0) is 15.7. The third-order valence-electron chi connectivity index (χ3n) is 3.49. The van der Waals surface area contributed by atoms with Crippen LogP contribution in [0.15, 0.2) is 42.5 Å². The Labute approximate surface area is 128 Å². The topological polar surface area (TPSA) is 57.6 Å². The van der Waals surface area contributed by atoms with Gasteiger partial charge in [-0.15, -0.1) is 0 Å². The van der Waals surface area contributed by atoms with Crippen LogP contribution in [0.5, 0.6) is 0 Å². The highest BCUT2D eigenvalue weighted by atomic mass is 16.2. The average molecular weight is 291 g/mol. The molecule has 1 heterocycles. The van der Waals surface area contributed by atoms with E-state index in [1.165, 1.54) is 0 Å². The van der Waals surface area contributed by atoms with Crippen LogP contribution in [-0.4, -0.2) is 23.5 Å². The van der Waals surface area contributed by atoms with Gasteiger partial charge in [-0.3, -0.25) is 9.59 Å². The molecule has 0 fully saturated rings. The van der Waals surface area contributed by atoms with Gasteiger partial charge in [0, 0.05) is 5.56 Å². The second-order valence-electron chi connectivity index (χ2n) is 4.97. The summed E-state index contributed by atoms with van der Waals surface area (Å²) < 4.78 is 0. The molecular weight excluding hydrogens is 278 g/mol. The number of imide groups is 1. The van der Waals surface area contributed by atoms with E-state index in [0.717, 1.165) is 10.5 Å². The zero-order valence-corrected chi connectivity index (χ0v) is 12.0. The van der Waals surface area contributed by atoms with E-state index in [-0.39, 0.29) is 18.4 Å². The van der Waals surface area contributed by atoms with Gasteiger partial charge in [-0.1, -0.05) is 30.0 Å². The Morgan fingerprint density at radius 1 is 1.05 bits per heavy atom. The summed E-state index contributed by atoms with van der Waals surface area (Å²) in [4.78, 5) is 26.2. The van der Waals surface area contributed by atoms with Crippen molar-refractivity contribution in [2.24, 2.45) is 0 Å². The van der Waals surface area contributed by atoms with E-state index in [2.05, 4.69) is 11.8 Å². The Bertz CT molecular complexity index is 808. The van der Waals surface area contributed by atoms with E-state index >= 15 is 0 Å². The van der Waals surface area contributed by atoms with E-state index in [9.17, 15) is 9.59 Å². The van der Waals surface area contributed by atoms with Gasteiger partial charge in [-0.2, -0.15) is 0 Å². The molecule has 2 aromatic rings. The Morgan fingerprint density at radius 2 is 1.68 bits per heavy atom. The van der Waals surface area contributed by atoms with E-state index in [1.807, 2.05) is 13.0 Å². The van der Waals surface area contributed by atoms with Crippen LogP contribution < -0.4 is 4.90 Å². The van der Waals surface area contributed by atoms with Gasteiger partial charge in [0.1, 0.15) is 6.61 Å². The number of aryl methyl sites for hydroxylation is 1. The van der Waals surface area contributed by atoms with Crippen molar-refractivity contribution in [2.75, 3.05) is 11.5 Å². The van der Waals surface area contributed by atoms with Gasteiger partial charge in [0.2, 0.25) is 0 Å². The molecule has 108 valence electrons. The van der Waals surface area contributed by atoms with Crippen LogP contribution in [0.1, 0.15) is 31.8 Å². The maximum absolute atomic E-state index is 12.5. The third kappa shape index (κ3) is 2.18. The first-order valence-corrected chi connectivity index (χ1v) is 6.81. The van der Waals surface area contributed by atoms with Gasteiger partial charge in [-0.05, 0) is 36.8 Å².